The lowest BCUT2D eigenvalue weighted by Gasteiger charge is -2.15. The van der Waals surface area contributed by atoms with Crippen molar-refractivity contribution in [1.82, 2.24) is 0 Å². The molecule has 0 aromatic heterocycles. The second-order valence-electron chi connectivity index (χ2n) is 7.16. The van der Waals surface area contributed by atoms with Gasteiger partial charge in [-0.3, -0.25) is 0 Å². The lowest BCUT2D eigenvalue weighted by molar-refractivity contribution is 0.490. The molecule has 0 fully saturated rings. The molecule has 5 rings (SSSR count). The highest BCUT2D eigenvalue weighted by Gasteiger charge is 2.13. The standard InChI is InChI=1S/C26H20N2O/c27-21-10-8-17-14-19(7-6-18(17)15-21)24-12-9-20-16-22(28)11-13-25(20)26(24)29-23-4-2-1-3-5-23/h1-16H,27-28H2. The molecule has 29 heavy (non-hydrogen) atoms. The fraction of sp³-hybridized carbons (Fsp3) is 0. The molecule has 3 nitrogen and oxygen atoms in total. The summed E-state index contributed by atoms with van der Waals surface area (Å²) in [5.41, 5.74) is 15.5. The minimum absolute atomic E-state index is 0.735. The van der Waals surface area contributed by atoms with Crippen LogP contribution in [-0.2, 0) is 0 Å². The van der Waals surface area contributed by atoms with E-state index in [9.17, 15) is 0 Å². The fourth-order valence-corrected chi connectivity index (χ4v) is 3.70. The molecule has 5 aromatic rings. The zero-order valence-electron chi connectivity index (χ0n) is 15.8. The molecular weight excluding hydrogens is 356 g/mol. The normalized spacial score (nSPS) is 11.0. The van der Waals surface area contributed by atoms with E-state index in [1.807, 2.05) is 66.7 Å². The Morgan fingerprint density at radius 3 is 2.03 bits per heavy atom. The van der Waals surface area contributed by atoms with Crippen LogP contribution in [0.15, 0.2) is 97.1 Å². The third-order valence-corrected chi connectivity index (χ3v) is 5.13. The fourth-order valence-electron chi connectivity index (χ4n) is 3.70. The second kappa shape index (κ2) is 6.88. The van der Waals surface area contributed by atoms with Crippen LogP contribution in [0.1, 0.15) is 0 Å². The summed E-state index contributed by atoms with van der Waals surface area (Å²) in [5.74, 6) is 1.62. The predicted octanol–water partition coefficient (Wildman–Crippen LogP) is 6.62. The van der Waals surface area contributed by atoms with Gasteiger partial charge in [-0.05, 0) is 76.3 Å². The number of ether oxygens (including phenoxy) is 1. The Morgan fingerprint density at radius 2 is 1.21 bits per heavy atom. The van der Waals surface area contributed by atoms with E-state index in [0.29, 0.717) is 0 Å². The van der Waals surface area contributed by atoms with Crippen molar-refractivity contribution < 1.29 is 4.74 Å². The van der Waals surface area contributed by atoms with E-state index < -0.39 is 0 Å². The van der Waals surface area contributed by atoms with E-state index >= 15 is 0 Å². The second-order valence-corrected chi connectivity index (χ2v) is 7.16. The average molecular weight is 376 g/mol. The van der Waals surface area contributed by atoms with E-state index in [2.05, 4.69) is 30.3 Å². The average Bonchev–Trinajstić information content (AvgIpc) is 2.74. The molecule has 0 saturated carbocycles. The number of fused-ring (bicyclic) bond motifs is 2. The Balaban J connectivity index is 1.73. The highest BCUT2D eigenvalue weighted by atomic mass is 16.5. The third kappa shape index (κ3) is 3.23. The van der Waals surface area contributed by atoms with Crippen LogP contribution >= 0.6 is 0 Å². The van der Waals surface area contributed by atoms with Crippen molar-refractivity contribution in [3.63, 3.8) is 0 Å². The molecule has 0 unspecified atom stereocenters. The molecule has 0 aliphatic heterocycles. The number of para-hydroxylation sites is 1. The smallest absolute Gasteiger partial charge is 0.143 e. The van der Waals surface area contributed by atoms with Crippen LogP contribution < -0.4 is 16.2 Å². The summed E-state index contributed by atoms with van der Waals surface area (Å²) in [6.07, 6.45) is 0. The van der Waals surface area contributed by atoms with Crippen LogP contribution in [0, 0.1) is 0 Å². The summed E-state index contributed by atoms with van der Waals surface area (Å²) in [6, 6.07) is 32.3. The molecule has 0 atom stereocenters. The van der Waals surface area contributed by atoms with Gasteiger partial charge < -0.3 is 16.2 Å². The molecule has 3 heteroatoms. The third-order valence-electron chi connectivity index (χ3n) is 5.13. The summed E-state index contributed by atoms with van der Waals surface area (Å²) in [5, 5.41) is 4.33. The molecule has 0 aliphatic rings. The van der Waals surface area contributed by atoms with Crippen molar-refractivity contribution in [1.29, 1.82) is 0 Å². The number of nitrogen functional groups attached to an aromatic ring is 2. The van der Waals surface area contributed by atoms with E-state index in [1.165, 1.54) is 0 Å². The van der Waals surface area contributed by atoms with Crippen molar-refractivity contribution in [2.24, 2.45) is 0 Å². The molecule has 0 radical (unpaired) electrons. The lowest BCUT2D eigenvalue weighted by atomic mass is 9.97. The van der Waals surface area contributed by atoms with Gasteiger partial charge in [-0.15, -0.1) is 0 Å². The van der Waals surface area contributed by atoms with E-state index in [-0.39, 0.29) is 0 Å². The van der Waals surface area contributed by atoms with Gasteiger partial charge in [-0.2, -0.15) is 0 Å². The summed E-state index contributed by atoms with van der Waals surface area (Å²) >= 11 is 0. The van der Waals surface area contributed by atoms with E-state index in [0.717, 1.165) is 55.5 Å². The highest BCUT2D eigenvalue weighted by Crippen LogP contribution is 2.41. The summed E-state index contributed by atoms with van der Waals surface area (Å²) < 4.78 is 6.39. The molecule has 4 N–H and O–H groups in total. The van der Waals surface area contributed by atoms with Crippen molar-refractivity contribution in [2.45, 2.75) is 0 Å². The molecule has 140 valence electrons. The Kier molecular flexibility index (Phi) is 4.07. The Hall–Kier alpha value is -3.98. The first-order valence-electron chi connectivity index (χ1n) is 9.52. The maximum absolute atomic E-state index is 6.39. The van der Waals surface area contributed by atoms with Crippen LogP contribution in [0.3, 0.4) is 0 Å². The van der Waals surface area contributed by atoms with Crippen molar-refractivity contribution in [3.05, 3.63) is 97.1 Å². The van der Waals surface area contributed by atoms with Gasteiger partial charge in [-0.25, -0.2) is 0 Å². The number of hydrogen-bond donors (Lipinski definition) is 2. The minimum Gasteiger partial charge on any atom is -0.456 e. The topological polar surface area (TPSA) is 61.3 Å². The monoisotopic (exact) mass is 376 g/mol. The van der Waals surface area contributed by atoms with E-state index in [1.54, 1.807) is 0 Å². The largest absolute Gasteiger partial charge is 0.456 e. The first-order valence-corrected chi connectivity index (χ1v) is 9.52. The first-order chi connectivity index (χ1) is 14.2. The van der Waals surface area contributed by atoms with Crippen LogP contribution in [0.2, 0.25) is 0 Å². The van der Waals surface area contributed by atoms with Crippen LogP contribution in [0.4, 0.5) is 11.4 Å². The van der Waals surface area contributed by atoms with Gasteiger partial charge in [0.25, 0.3) is 0 Å². The van der Waals surface area contributed by atoms with Crippen molar-refractivity contribution in [3.8, 4) is 22.6 Å². The summed E-state index contributed by atoms with van der Waals surface area (Å²) in [7, 11) is 0. The molecule has 0 spiro atoms. The van der Waals surface area contributed by atoms with Crippen LogP contribution in [0.25, 0.3) is 32.7 Å². The quantitative estimate of drug-likeness (QED) is 0.348. The summed E-state index contributed by atoms with van der Waals surface area (Å²) in [6.45, 7) is 0. The first kappa shape index (κ1) is 17.1. The lowest BCUT2D eigenvalue weighted by Crippen LogP contribution is -1.92. The SMILES string of the molecule is Nc1ccc2cc(-c3ccc4cc(N)ccc4c3Oc3ccccc3)ccc2c1. The maximum Gasteiger partial charge on any atom is 0.143 e. The number of benzene rings is 5. The van der Waals surface area contributed by atoms with Gasteiger partial charge in [0.1, 0.15) is 11.5 Å². The summed E-state index contributed by atoms with van der Waals surface area (Å²) in [4.78, 5) is 0. The predicted molar refractivity (Wildman–Crippen MR) is 122 cm³/mol. The molecule has 0 aliphatic carbocycles. The molecule has 0 saturated heterocycles. The molecule has 0 bridgehead atoms. The Bertz CT molecular complexity index is 1340. The van der Waals surface area contributed by atoms with Crippen LogP contribution in [-0.4, -0.2) is 0 Å². The van der Waals surface area contributed by atoms with Gasteiger partial charge >= 0.3 is 0 Å². The number of nitrogens with two attached hydrogens (primary N) is 2. The molecule has 0 heterocycles. The minimum atomic E-state index is 0.735. The Morgan fingerprint density at radius 1 is 0.552 bits per heavy atom. The van der Waals surface area contributed by atoms with Gasteiger partial charge in [0.15, 0.2) is 0 Å². The van der Waals surface area contributed by atoms with E-state index in [4.69, 9.17) is 16.2 Å². The molecule has 5 aromatic carbocycles. The number of anilines is 2. The highest BCUT2D eigenvalue weighted by molar-refractivity contribution is 5.98. The van der Waals surface area contributed by atoms with Crippen molar-refractivity contribution >= 4 is 32.9 Å². The van der Waals surface area contributed by atoms with Gasteiger partial charge in [0, 0.05) is 22.3 Å². The Labute approximate surface area is 169 Å². The zero-order valence-corrected chi connectivity index (χ0v) is 15.8. The van der Waals surface area contributed by atoms with Gasteiger partial charge in [-0.1, -0.05) is 42.5 Å². The molecular formula is C26H20N2O. The number of hydrogen-bond acceptors (Lipinski definition) is 3. The zero-order chi connectivity index (χ0) is 19.8. The molecule has 0 amide bonds. The van der Waals surface area contributed by atoms with Gasteiger partial charge in [0.2, 0.25) is 0 Å². The maximum atomic E-state index is 6.39. The van der Waals surface area contributed by atoms with Gasteiger partial charge in [0.05, 0.1) is 0 Å². The van der Waals surface area contributed by atoms with Crippen LogP contribution in [0.5, 0.6) is 11.5 Å². The van der Waals surface area contributed by atoms with Crippen molar-refractivity contribution in [2.75, 3.05) is 11.5 Å². The number of rotatable bonds is 3.